The van der Waals surface area contributed by atoms with Crippen molar-refractivity contribution >= 4 is 5.96 Å². The molecule has 0 aliphatic rings. The Kier molecular flexibility index (Phi) is 3.14. The first-order valence-corrected chi connectivity index (χ1v) is 4.02. The molecule has 0 fully saturated rings. The monoisotopic (exact) mass is 179 g/mol. The standard InChI is InChI=1S/C9H13N3O/c10-9(11)12-6-5-7-1-3-8(13)4-2-7/h1-4,13H,5-6H2,(H4,10,11,12). The van der Waals surface area contributed by atoms with Crippen LogP contribution in [-0.4, -0.2) is 17.6 Å². The molecule has 1 rings (SSSR count). The van der Waals surface area contributed by atoms with Crippen LogP contribution in [0.15, 0.2) is 29.3 Å². The van der Waals surface area contributed by atoms with Gasteiger partial charge in [0.15, 0.2) is 5.96 Å². The van der Waals surface area contributed by atoms with E-state index in [-0.39, 0.29) is 11.7 Å². The highest BCUT2D eigenvalue weighted by molar-refractivity contribution is 5.75. The van der Waals surface area contributed by atoms with Crippen molar-refractivity contribution in [2.75, 3.05) is 6.54 Å². The van der Waals surface area contributed by atoms with E-state index in [1.807, 2.05) is 12.1 Å². The van der Waals surface area contributed by atoms with Crippen LogP contribution in [0.4, 0.5) is 0 Å². The maximum Gasteiger partial charge on any atom is 0.185 e. The number of guanidine groups is 1. The maximum atomic E-state index is 9.00. The Hall–Kier alpha value is -1.71. The van der Waals surface area contributed by atoms with Gasteiger partial charge in [0.2, 0.25) is 0 Å². The number of aromatic hydroxyl groups is 1. The van der Waals surface area contributed by atoms with E-state index in [1.165, 1.54) is 0 Å². The van der Waals surface area contributed by atoms with Gasteiger partial charge in [-0.25, -0.2) is 0 Å². The van der Waals surface area contributed by atoms with Gasteiger partial charge in [-0.15, -0.1) is 0 Å². The summed E-state index contributed by atoms with van der Waals surface area (Å²) >= 11 is 0. The number of rotatable bonds is 3. The van der Waals surface area contributed by atoms with Crippen LogP contribution in [0, 0.1) is 0 Å². The van der Waals surface area contributed by atoms with Gasteiger partial charge in [-0.1, -0.05) is 12.1 Å². The van der Waals surface area contributed by atoms with Crippen molar-refractivity contribution in [1.29, 1.82) is 0 Å². The largest absolute Gasteiger partial charge is 0.508 e. The zero-order chi connectivity index (χ0) is 9.68. The van der Waals surface area contributed by atoms with E-state index in [0.29, 0.717) is 6.54 Å². The highest BCUT2D eigenvalue weighted by Crippen LogP contribution is 2.09. The predicted molar refractivity (Wildman–Crippen MR) is 52.5 cm³/mol. The normalized spacial score (nSPS) is 9.54. The molecule has 0 atom stereocenters. The van der Waals surface area contributed by atoms with Gasteiger partial charge in [0.1, 0.15) is 5.75 Å². The van der Waals surface area contributed by atoms with Crippen molar-refractivity contribution in [3.8, 4) is 5.75 Å². The van der Waals surface area contributed by atoms with Gasteiger partial charge in [-0.05, 0) is 24.1 Å². The van der Waals surface area contributed by atoms with Crippen LogP contribution in [0.3, 0.4) is 0 Å². The Morgan fingerprint density at radius 3 is 2.38 bits per heavy atom. The van der Waals surface area contributed by atoms with Crippen molar-refractivity contribution in [2.24, 2.45) is 16.5 Å². The van der Waals surface area contributed by atoms with Crippen molar-refractivity contribution in [3.63, 3.8) is 0 Å². The van der Waals surface area contributed by atoms with Crippen LogP contribution in [0.25, 0.3) is 0 Å². The van der Waals surface area contributed by atoms with Gasteiger partial charge < -0.3 is 16.6 Å². The second-order valence-electron chi connectivity index (χ2n) is 2.72. The molecule has 4 heteroatoms. The third-order valence-electron chi connectivity index (χ3n) is 1.63. The average molecular weight is 179 g/mol. The molecule has 4 nitrogen and oxygen atoms in total. The molecular weight excluding hydrogens is 166 g/mol. The third-order valence-corrected chi connectivity index (χ3v) is 1.63. The van der Waals surface area contributed by atoms with Crippen LogP contribution < -0.4 is 11.5 Å². The maximum absolute atomic E-state index is 9.00. The summed E-state index contributed by atoms with van der Waals surface area (Å²) in [5.41, 5.74) is 11.4. The lowest BCUT2D eigenvalue weighted by Gasteiger charge is -1.98. The summed E-state index contributed by atoms with van der Waals surface area (Å²) in [5, 5.41) is 9.00. The molecule has 0 bridgehead atoms. The molecule has 1 aromatic rings. The lowest BCUT2D eigenvalue weighted by Crippen LogP contribution is -2.23. The molecule has 0 amide bonds. The SMILES string of the molecule is NC(N)=NCCc1ccc(O)cc1. The van der Waals surface area contributed by atoms with E-state index in [0.717, 1.165) is 12.0 Å². The van der Waals surface area contributed by atoms with Crippen LogP contribution in [0.2, 0.25) is 0 Å². The quantitative estimate of drug-likeness (QED) is 0.458. The lowest BCUT2D eigenvalue weighted by molar-refractivity contribution is 0.475. The van der Waals surface area contributed by atoms with Gasteiger partial charge in [0.05, 0.1) is 0 Å². The molecule has 0 spiro atoms. The summed E-state index contributed by atoms with van der Waals surface area (Å²) in [4.78, 5) is 3.85. The number of nitrogens with zero attached hydrogens (tertiary/aromatic N) is 1. The average Bonchev–Trinajstić information content (AvgIpc) is 2.08. The molecular formula is C9H13N3O. The third kappa shape index (κ3) is 3.46. The van der Waals surface area contributed by atoms with Gasteiger partial charge >= 0.3 is 0 Å². The van der Waals surface area contributed by atoms with Gasteiger partial charge in [-0.3, -0.25) is 4.99 Å². The summed E-state index contributed by atoms with van der Waals surface area (Å²) in [6.45, 7) is 0.576. The fraction of sp³-hybridized carbons (Fsp3) is 0.222. The number of aliphatic imine (C=N–C) groups is 1. The van der Waals surface area contributed by atoms with Crippen molar-refractivity contribution in [2.45, 2.75) is 6.42 Å². The Morgan fingerprint density at radius 1 is 1.23 bits per heavy atom. The number of phenols is 1. The Labute approximate surface area is 76.9 Å². The smallest absolute Gasteiger partial charge is 0.185 e. The van der Waals surface area contributed by atoms with Crippen molar-refractivity contribution in [3.05, 3.63) is 29.8 Å². The Balaban J connectivity index is 2.46. The number of nitrogens with two attached hydrogens (primary N) is 2. The molecule has 5 N–H and O–H groups in total. The van der Waals surface area contributed by atoms with Gasteiger partial charge in [0, 0.05) is 6.54 Å². The lowest BCUT2D eigenvalue weighted by atomic mass is 10.1. The van der Waals surface area contributed by atoms with Crippen LogP contribution in [0.1, 0.15) is 5.56 Å². The summed E-state index contributed by atoms with van der Waals surface area (Å²) in [6, 6.07) is 6.98. The highest BCUT2D eigenvalue weighted by atomic mass is 16.3. The van der Waals surface area contributed by atoms with Gasteiger partial charge in [-0.2, -0.15) is 0 Å². The van der Waals surface area contributed by atoms with Crippen LogP contribution in [-0.2, 0) is 6.42 Å². The van der Waals surface area contributed by atoms with E-state index < -0.39 is 0 Å². The van der Waals surface area contributed by atoms with E-state index in [9.17, 15) is 0 Å². The summed E-state index contributed by atoms with van der Waals surface area (Å²) < 4.78 is 0. The minimum atomic E-state index is 0.110. The molecule has 13 heavy (non-hydrogen) atoms. The minimum absolute atomic E-state index is 0.110. The fourth-order valence-electron chi connectivity index (χ4n) is 0.977. The molecule has 0 saturated carbocycles. The van der Waals surface area contributed by atoms with Crippen LogP contribution in [0.5, 0.6) is 5.75 Å². The molecule has 0 saturated heterocycles. The molecule has 0 unspecified atom stereocenters. The minimum Gasteiger partial charge on any atom is -0.508 e. The van der Waals surface area contributed by atoms with Crippen LogP contribution >= 0.6 is 0 Å². The van der Waals surface area contributed by atoms with Crippen molar-refractivity contribution < 1.29 is 5.11 Å². The molecule has 0 aliphatic carbocycles. The van der Waals surface area contributed by atoms with E-state index in [2.05, 4.69) is 4.99 Å². The molecule has 1 aromatic carbocycles. The molecule has 70 valence electrons. The number of hydrogen-bond acceptors (Lipinski definition) is 2. The first-order valence-electron chi connectivity index (χ1n) is 4.02. The summed E-state index contributed by atoms with van der Waals surface area (Å²) in [7, 11) is 0. The molecule has 0 aliphatic heterocycles. The number of phenolic OH excluding ortho intramolecular Hbond substituents is 1. The van der Waals surface area contributed by atoms with Gasteiger partial charge in [0.25, 0.3) is 0 Å². The fourth-order valence-corrected chi connectivity index (χ4v) is 0.977. The molecule has 0 aromatic heterocycles. The van der Waals surface area contributed by atoms with Crippen molar-refractivity contribution in [1.82, 2.24) is 0 Å². The highest BCUT2D eigenvalue weighted by Gasteiger charge is 1.92. The predicted octanol–water partition coefficient (Wildman–Crippen LogP) is 0.208. The zero-order valence-electron chi connectivity index (χ0n) is 7.27. The topological polar surface area (TPSA) is 84.6 Å². The number of hydrogen-bond donors (Lipinski definition) is 3. The molecule has 0 heterocycles. The Morgan fingerprint density at radius 2 is 1.85 bits per heavy atom. The first-order chi connectivity index (χ1) is 6.18. The first kappa shape index (κ1) is 9.38. The second kappa shape index (κ2) is 4.35. The Bertz CT molecular complexity index is 288. The zero-order valence-corrected chi connectivity index (χ0v) is 7.27. The second-order valence-corrected chi connectivity index (χ2v) is 2.72. The van der Waals surface area contributed by atoms with E-state index >= 15 is 0 Å². The summed E-state index contributed by atoms with van der Waals surface area (Å²) in [6.07, 6.45) is 0.776. The molecule has 0 radical (unpaired) electrons. The number of benzene rings is 1. The summed E-state index contributed by atoms with van der Waals surface area (Å²) in [5.74, 6) is 0.379. The van der Waals surface area contributed by atoms with E-state index in [4.69, 9.17) is 16.6 Å². The van der Waals surface area contributed by atoms with E-state index in [1.54, 1.807) is 12.1 Å².